The number of benzene rings is 2. The summed E-state index contributed by atoms with van der Waals surface area (Å²) in [7, 11) is 1.62. The molecule has 150 valence electrons. The van der Waals surface area contributed by atoms with Crippen molar-refractivity contribution in [3.8, 4) is 5.75 Å². The van der Waals surface area contributed by atoms with Crippen LogP contribution in [0.1, 0.15) is 33.0 Å². The maximum atomic E-state index is 12.3. The topological polar surface area (TPSA) is 80.6 Å². The molecule has 0 radical (unpaired) electrons. The summed E-state index contributed by atoms with van der Waals surface area (Å²) in [6, 6.07) is 17.2. The number of methoxy groups -OCH3 is 1. The zero-order chi connectivity index (χ0) is 20.8. The van der Waals surface area contributed by atoms with E-state index in [0.717, 1.165) is 16.9 Å². The van der Waals surface area contributed by atoms with Gasteiger partial charge in [-0.15, -0.1) is 0 Å². The van der Waals surface area contributed by atoms with Crippen LogP contribution in [0.5, 0.6) is 5.75 Å². The van der Waals surface area contributed by atoms with E-state index in [1.807, 2.05) is 42.5 Å². The number of furan rings is 1. The molecule has 0 bridgehead atoms. The zero-order valence-corrected chi connectivity index (χ0v) is 16.7. The second kappa shape index (κ2) is 9.10. The molecule has 0 atom stereocenters. The minimum absolute atomic E-state index is 0.136. The van der Waals surface area contributed by atoms with Crippen LogP contribution in [0, 0.1) is 13.8 Å². The molecular formula is C23H24N2O4. The van der Waals surface area contributed by atoms with E-state index < -0.39 is 0 Å². The van der Waals surface area contributed by atoms with Crippen molar-refractivity contribution in [3.05, 3.63) is 82.8 Å². The standard InChI is InChI=1S/C23H24N2O4/c1-15-11-20(16(2)29-15)23(27)24-14-22(26)25-19-9-10-21(28-3)18(13-19)12-17-7-5-4-6-8-17/h4-11,13H,12,14H2,1-3H3,(H,24,27)(H,25,26). The van der Waals surface area contributed by atoms with Gasteiger partial charge in [-0.2, -0.15) is 0 Å². The molecule has 6 heteroatoms. The van der Waals surface area contributed by atoms with Crippen molar-refractivity contribution >= 4 is 17.5 Å². The number of hydrogen-bond acceptors (Lipinski definition) is 4. The fraction of sp³-hybridized carbons (Fsp3) is 0.217. The highest BCUT2D eigenvalue weighted by atomic mass is 16.5. The van der Waals surface area contributed by atoms with Crippen molar-refractivity contribution in [3.63, 3.8) is 0 Å². The predicted molar refractivity (Wildman–Crippen MR) is 111 cm³/mol. The summed E-state index contributed by atoms with van der Waals surface area (Å²) >= 11 is 0. The molecule has 29 heavy (non-hydrogen) atoms. The molecule has 1 aromatic heterocycles. The van der Waals surface area contributed by atoms with Gasteiger partial charge in [0.2, 0.25) is 5.91 Å². The Morgan fingerprint density at radius 1 is 1.03 bits per heavy atom. The van der Waals surface area contributed by atoms with Crippen molar-refractivity contribution < 1.29 is 18.7 Å². The second-order valence-electron chi connectivity index (χ2n) is 6.75. The monoisotopic (exact) mass is 392 g/mol. The molecule has 0 aliphatic carbocycles. The number of aryl methyl sites for hydroxylation is 2. The number of ether oxygens (including phenoxy) is 1. The van der Waals surface area contributed by atoms with E-state index >= 15 is 0 Å². The Balaban J connectivity index is 1.63. The smallest absolute Gasteiger partial charge is 0.255 e. The van der Waals surface area contributed by atoms with E-state index in [2.05, 4.69) is 10.6 Å². The predicted octanol–water partition coefficient (Wildman–Crippen LogP) is 3.86. The lowest BCUT2D eigenvalue weighted by Crippen LogP contribution is -2.33. The van der Waals surface area contributed by atoms with Gasteiger partial charge in [0.15, 0.2) is 0 Å². The maximum absolute atomic E-state index is 12.3. The molecule has 0 fully saturated rings. The van der Waals surface area contributed by atoms with Crippen LogP contribution in [0.2, 0.25) is 0 Å². The van der Waals surface area contributed by atoms with E-state index in [0.29, 0.717) is 29.2 Å². The molecule has 6 nitrogen and oxygen atoms in total. The Kier molecular flexibility index (Phi) is 6.34. The Hall–Kier alpha value is -3.54. The Morgan fingerprint density at radius 3 is 2.45 bits per heavy atom. The van der Waals surface area contributed by atoms with Crippen LogP contribution in [0.3, 0.4) is 0 Å². The van der Waals surface area contributed by atoms with Gasteiger partial charge in [0, 0.05) is 17.7 Å². The lowest BCUT2D eigenvalue weighted by Gasteiger charge is -2.12. The van der Waals surface area contributed by atoms with Gasteiger partial charge < -0.3 is 19.8 Å². The van der Waals surface area contributed by atoms with Gasteiger partial charge >= 0.3 is 0 Å². The Bertz CT molecular complexity index is 1010. The number of anilines is 1. The van der Waals surface area contributed by atoms with Crippen LogP contribution >= 0.6 is 0 Å². The number of carbonyl (C=O) groups excluding carboxylic acids is 2. The number of carbonyl (C=O) groups is 2. The fourth-order valence-corrected chi connectivity index (χ4v) is 3.13. The Labute approximate surface area is 169 Å². The molecule has 1 heterocycles. The maximum Gasteiger partial charge on any atom is 0.255 e. The molecule has 2 amide bonds. The van der Waals surface area contributed by atoms with Gasteiger partial charge in [-0.1, -0.05) is 30.3 Å². The van der Waals surface area contributed by atoms with Crippen LogP contribution in [-0.4, -0.2) is 25.5 Å². The minimum atomic E-state index is -0.339. The highest BCUT2D eigenvalue weighted by Crippen LogP contribution is 2.25. The number of amides is 2. The van der Waals surface area contributed by atoms with Crippen LogP contribution in [0.4, 0.5) is 5.69 Å². The van der Waals surface area contributed by atoms with Crippen molar-refractivity contribution in [2.75, 3.05) is 19.0 Å². The van der Waals surface area contributed by atoms with E-state index in [4.69, 9.17) is 9.15 Å². The lowest BCUT2D eigenvalue weighted by atomic mass is 10.0. The Morgan fingerprint density at radius 2 is 1.79 bits per heavy atom. The normalized spacial score (nSPS) is 10.4. The van der Waals surface area contributed by atoms with Crippen molar-refractivity contribution in [1.82, 2.24) is 5.32 Å². The van der Waals surface area contributed by atoms with E-state index in [1.54, 1.807) is 33.1 Å². The third-order valence-corrected chi connectivity index (χ3v) is 4.50. The van der Waals surface area contributed by atoms with Crippen molar-refractivity contribution in [1.29, 1.82) is 0 Å². The summed E-state index contributed by atoms with van der Waals surface area (Å²) in [5.74, 6) is 1.29. The van der Waals surface area contributed by atoms with Crippen LogP contribution in [0.25, 0.3) is 0 Å². The molecule has 0 saturated carbocycles. The van der Waals surface area contributed by atoms with E-state index in [9.17, 15) is 9.59 Å². The molecule has 0 aliphatic heterocycles. The SMILES string of the molecule is COc1ccc(NC(=O)CNC(=O)c2cc(C)oc2C)cc1Cc1ccccc1. The third-order valence-electron chi connectivity index (χ3n) is 4.50. The van der Waals surface area contributed by atoms with Gasteiger partial charge in [-0.25, -0.2) is 0 Å². The summed E-state index contributed by atoms with van der Waals surface area (Å²) in [6.07, 6.45) is 0.684. The third kappa shape index (κ3) is 5.25. The summed E-state index contributed by atoms with van der Waals surface area (Å²) in [4.78, 5) is 24.5. The van der Waals surface area contributed by atoms with Gasteiger partial charge in [0.25, 0.3) is 5.91 Å². The number of hydrogen-bond donors (Lipinski definition) is 2. The molecule has 3 rings (SSSR count). The average Bonchev–Trinajstić information content (AvgIpc) is 3.05. The van der Waals surface area contributed by atoms with Gasteiger partial charge in [0.05, 0.1) is 19.2 Å². The van der Waals surface area contributed by atoms with Crippen LogP contribution < -0.4 is 15.4 Å². The highest BCUT2D eigenvalue weighted by molar-refractivity contribution is 5.99. The van der Waals surface area contributed by atoms with Crippen LogP contribution in [-0.2, 0) is 11.2 Å². The lowest BCUT2D eigenvalue weighted by molar-refractivity contribution is -0.115. The average molecular weight is 392 g/mol. The molecule has 0 spiro atoms. The molecule has 0 unspecified atom stereocenters. The first-order valence-electron chi connectivity index (χ1n) is 9.32. The minimum Gasteiger partial charge on any atom is -0.496 e. The first kappa shape index (κ1) is 20.2. The molecule has 0 saturated heterocycles. The highest BCUT2D eigenvalue weighted by Gasteiger charge is 2.15. The van der Waals surface area contributed by atoms with E-state index in [1.165, 1.54) is 0 Å². The zero-order valence-electron chi connectivity index (χ0n) is 16.7. The largest absolute Gasteiger partial charge is 0.496 e. The van der Waals surface area contributed by atoms with Crippen molar-refractivity contribution in [2.24, 2.45) is 0 Å². The van der Waals surface area contributed by atoms with Gasteiger partial charge in [-0.05, 0) is 43.7 Å². The molecule has 3 aromatic rings. The van der Waals surface area contributed by atoms with Gasteiger partial charge in [-0.3, -0.25) is 9.59 Å². The first-order valence-corrected chi connectivity index (χ1v) is 9.32. The fourth-order valence-electron chi connectivity index (χ4n) is 3.13. The summed E-state index contributed by atoms with van der Waals surface area (Å²) in [5, 5.41) is 5.43. The number of rotatable bonds is 7. The molecule has 2 aromatic carbocycles. The summed E-state index contributed by atoms with van der Waals surface area (Å²) < 4.78 is 10.8. The van der Waals surface area contributed by atoms with Crippen LogP contribution in [0.15, 0.2) is 59.0 Å². The quantitative estimate of drug-likeness (QED) is 0.640. The summed E-state index contributed by atoms with van der Waals surface area (Å²) in [6.45, 7) is 3.35. The molecular weight excluding hydrogens is 368 g/mol. The molecule has 2 N–H and O–H groups in total. The summed E-state index contributed by atoms with van der Waals surface area (Å²) in [5.41, 5.74) is 3.19. The van der Waals surface area contributed by atoms with Gasteiger partial charge in [0.1, 0.15) is 17.3 Å². The number of nitrogens with one attached hydrogen (secondary N) is 2. The molecule has 0 aliphatic rings. The first-order chi connectivity index (χ1) is 14.0. The second-order valence-corrected chi connectivity index (χ2v) is 6.75. The van der Waals surface area contributed by atoms with E-state index in [-0.39, 0.29) is 18.4 Å². The van der Waals surface area contributed by atoms with Crippen molar-refractivity contribution in [2.45, 2.75) is 20.3 Å².